The largest absolute Gasteiger partial charge is 0.444 e. The van der Waals surface area contributed by atoms with Crippen LogP contribution in [-0.2, 0) is 25.4 Å². The number of Topliss-reactive ketones (excluding diaryl/α,β-unsaturated/α-hetero) is 1. The molecule has 1 saturated heterocycles. The predicted molar refractivity (Wildman–Crippen MR) is 114 cm³/mol. The van der Waals surface area contributed by atoms with Crippen LogP contribution in [0.2, 0.25) is 0 Å². The molecule has 2 heterocycles. The minimum absolute atomic E-state index is 0.105. The van der Waals surface area contributed by atoms with Crippen LogP contribution < -0.4 is 0 Å². The number of ketones is 1. The molecule has 0 bridgehead atoms. The Balaban J connectivity index is 2.02. The fraction of sp³-hybridized carbons (Fsp3) is 0.696. The van der Waals surface area contributed by atoms with Crippen LogP contribution in [0.25, 0.3) is 0 Å². The van der Waals surface area contributed by atoms with Crippen LogP contribution >= 0.6 is 0 Å². The highest BCUT2D eigenvalue weighted by molar-refractivity contribution is 5.81. The summed E-state index contributed by atoms with van der Waals surface area (Å²) < 4.78 is 16.8. The lowest BCUT2D eigenvalue weighted by Gasteiger charge is -2.34. The van der Waals surface area contributed by atoms with Gasteiger partial charge >= 0.3 is 6.09 Å². The number of hydrogen-bond donors (Lipinski definition) is 0. The van der Waals surface area contributed by atoms with E-state index in [9.17, 15) is 9.59 Å². The number of ether oxygens (including phenoxy) is 3. The van der Waals surface area contributed by atoms with Crippen molar-refractivity contribution < 1.29 is 23.8 Å². The molecular weight excluding hydrogens is 384 g/mol. The van der Waals surface area contributed by atoms with Crippen LogP contribution in [0.3, 0.4) is 0 Å². The maximum Gasteiger partial charge on any atom is 0.410 e. The van der Waals surface area contributed by atoms with E-state index in [1.165, 1.54) is 0 Å². The Morgan fingerprint density at radius 1 is 1.27 bits per heavy atom. The summed E-state index contributed by atoms with van der Waals surface area (Å²) in [6.45, 7) is 7.82. The standard InChI is InChI=1S/C23H36N2O5/c1-16(20(26)12-9-11-17-10-7-8-13-24-17)21(29-6)19-14-18(28-5)15-25(19)22(27)30-23(2,3)4/h7-8,10,13,16,18-19,21H,9,11-12,14-15H2,1-6H3/t16-,18+,19-,21+/m0/s1. The molecule has 0 unspecified atom stereocenters. The van der Waals surface area contributed by atoms with E-state index in [0.29, 0.717) is 19.4 Å². The van der Waals surface area contributed by atoms with Crippen molar-refractivity contribution in [3.8, 4) is 0 Å². The third kappa shape index (κ3) is 6.77. The Morgan fingerprint density at radius 3 is 2.57 bits per heavy atom. The molecule has 0 N–H and O–H groups in total. The number of carbonyl (C=O) groups is 2. The molecule has 1 amide bonds. The Labute approximate surface area is 180 Å². The monoisotopic (exact) mass is 420 g/mol. The fourth-order valence-corrected chi connectivity index (χ4v) is 3.93. The van der Waals surface area contributed by atoms with E-state index in [-0.39, 0.29) is 23.8 Å². The van der Waals surface area contributed by atoms with E-state index in [1.807, 2.05) is 45.9 Å². The number of likely N-dealkylation sites (tertiary alicyclic amines) is 1. The van der Waals surface area contributed by atoms with Crippen molar-refractivity contribution in [1.82, 2.24) is 9.88 Å². The van der Waals surface area contributed by atoms with Crippen LogP contribution in [0.4, 0.5) is 4.79 Å². The first-order valence-electron chi connectivity index (χ1n) is 10.6. The van der Waals surface area contributed by atoms with Gasteiger partial charge in [-0.1, -0.05) is 13.0 Å². The number of methoxy groups -OCH3 is 2. The second kappa shape index (κ2) is 10.9. The van der Waals surface area contributed by atoms with E-state index in [2.05, 4.69) is 4.98 Å². The number of hydrogen-bond acceptors (Lipinski definition) is 6. The Kier molecular flexibility index (Phi) is 8.79. The van der Waals surface area contributed by atoms with Gasteiger partial charge in [-0.3, -0.25) is 14.7 Å². The number of pyridine rings is 1. The lowest BCUT2D eigenvalue weighted by atomic mass is 9.89. The van der Waals surface area contributed by atoms with E-state index in [4.69, 9.17) is 14.2 Å². The molecule has 7 heteroatoms. The number of aromatic nitrogens is 1. The smallest absolute Gasteiger partial charge is 0.410 e. The lowest BCUT2D eigenvalue weighted by Crippen LogP contribution is -2.49. The van der Waals surface area contributed by atoms with Crippen LogP contribution in [-0.4, -0.2) is 66.4 Å². The molecule has 0 saturated carbocycles. The van der Waals surface area contributed by atoms with Crippen molar-refractivity contribution in [2.75, 3.05) is 20.8 Å². The van der Waals surface area contributed by atoms with Crippen LogP contribution in [0, 0.1) is 5.92 Å². The first-order valence-corrected chi connectivity index (χ1v) is 10.6. The van der Waals surface area contributed by atoms with Gasteiger partial charge in [-0.05, 0) is 52.2 Å². The third-order valence-corrected chi connectivity index (χ3v) is 5.50. The number of aryl methyl sites for hydroxylation is 1. The summed E-state index contributed by atoms with van der Waals surface area (Å²) in [6, 6.07) is 5.52. The average Bonchev–Trinajstić information content (AvgIpc) is 3.12. The number of nitrogens with zero attached hydrogens (tertiary/aromatic N) is 2. The van der Waals surface area contributed by atoms with Gasteiger partial charge in [0.2, 0.25) is 0 Å². The Bertz CT molecular complexity index is 689. The normalized spacial score (nSPS) is 21.3. The van der Waals surface area contributed by atoms with E-state index >= 15 is 0 Å². The predicted octanol–water partition coefficient (Wildman–Crippen LogP) is 3.65. The molecule has 0 aromatic carbocycles. The molecule has 30 heavy (non-hydrogen) atoms. The van der Waals surface area contributed by atoms with Gasteiger partial charge in [0.25, 0.3) is 0 Å². The zero-order chi connectivity index (χ0) is 22.3. The maximum atomic E-state index is 12.9. The molecule has 2 rings (SSSR count). The molecule has 1 fully saturated rings. The topological polar surface area (TPSA) is 78.0 Å². The van der Waals surface area contributed by atoms with Gasteiger partial charge in [0.1, 0.15) is 11.4 Å². The molecule has 0 radical (unpaired) electrons. The van der Waals surface area contributed by atoms with Gasteiger partial charge in [0.15, 0.2) is 0 Å². The Hall–Kier alpha value is -1.99. The zero-order valence-electron chi connectivity index (χ0n) is 19.1. The molecule has 1 aromatic rings. The van der Waals surface area contributed by atoms with Crippen LogP contribution in [0.5, 0.6) is 0 Å². The summed E-state index contributed by atoms with van der Waals surface area (Å²) in [5, 5.41) is 0. The summed E-state index contributed by atoms with van der Waals surface area (Å²) in [4.78, 5) is 31.6. The van der Waals surface area contributed by atoms with Gasteiger partial charge in [-0.15, -0.1) is 0 Å². The molecule has 4 atom stereocenters. The molecule has 0 spiro atoms. The molecule has 168 valence electrons. The second-order valence-corrected chi connectivity index (χ2v) is 8.92. The molecule has 1 aromatic heterocycles. The van der Waals surface area contributed by atoms with Gasteiger partial charge in [0.05, 0.1) is 24.8 Å². The molecule has 1 aliphatic rings. The van der Waals surface area contributed by atoms with Gasteiger partial charge in [-0.2, -0.15) is 0 Å². The lowest BCUT2D eigenvalue weighted by molar-refractivity contribution is -0.128. The first-order chi connectivity index (χ1) is 14.2. The summed E-state index contributed by atoms with van der Waals surface area (Å²) >= 11 is 0. The highest BCUT2D eigenvalue weighted by Crippen LogP contribution is 2.30. The van der Waals surface area contributed by atoms with E-state index in [0.717, 1.165) is 18.5 Å². The van der Waals surface area contributed by atoms with Crippen molar-refractivity contribution in [2.24, 2.45) is 5.92 Å². The molecule has 0 aliphatic carbocycles. The summed E-state index contributed by atoms with van der Waals surface area (Å²) in [6.07, 6.45) is 3.40. The van der Waals surface area contributed by atoms with Crippen LogP contribution in [0.1, 0.15) is 52.7 Å². The second-order valence-electron chi connectivity index (χ2n) is 8.92. The number of rotatable bonds is 9. The van der Waals surface area contributed by atoms with Gasteiger partial charge < -0.3 is 14.2 Å². The van der Waals surface area contributed by atoms with E-state index in [1.54, 1.807) is 25.3 Å². The SMILES string of the molecule is CO[C@@H]1C[C@@H]([C@H](OC)[C@@H](C)C(=O)CCCc2ccccn2)N(C(=O)OC(C)(C)C)C1. The highest BCUT2D eigenvalue weighted by atomic mass is 16.6. The van der Waals surface area contributed by atoms with E-state index < -0.39 is 17.8 Å². The third-order valence-electron chi connectivity index (χ3n) is 5.50. The molecule has 7 nitrogen and oxygen atoms in total. The number of carbonyl (C=O) groups excluding carboxylic acids is 2. The average molecular weight is 421 g/mol. The summed E-state index contributed by atoms with van der Waals surface area (Å²) in [5.74, 6) is -0.216. The summed E-state index contributed by atoms with van der Waals surface area (Å²) in [5.41, 5.74) is 0.388. The zero-order valence-corrected chi connectivity index (χ0v) is 19.1. The molecular formula is C23H36N2O5. The number of amides is 1. The fourth-order valence-electron chi connectivity index (χ4n) is 3.93. The minimum atomic E-state index is -0.595. The van der Waals surface area contributed by atoms with Crippen molar-refractivity contribution in [1.29, 1.82) is 0 Å². The molecule has 1 aliphatic heterocycles. The van der Waals surface area contributed by atoms with Crippen molar-refractivity contribution in [3.05, 3.63) is 30.1 Å². The summed E-state index contributed by atoms with van der Waals surface area (Å²) in [7, 11) is 3.23. The minimum Gasteiger partial charge on any atom is -0.444 e. The maximum absolute atomic E-state index is 12.9. The Morgan fingerprint density at radius 2 is 2.00 bits per heavy atom. The van der Waals surface area contributed by atoms with Crippen molar-refractivity contribution in [3.63, 3.8) is 0 Å². The quantitative estimate of drug-likeness (QED) is 0.607. The van der Waals surface area contributed by atoms with Crippen LogP contribution in [0.15, 0.2) is 24.4 Å². The first kappa shape index (κ1) is 24.3. The van der Waals surface area contributed by atoms with Gasteiger partial charge in [-0.25, -0.2) is 4.79 Å². The van der Waals surface area contributed by atoms with Crippen molar-refractivity contribution in [2.45, 2.75) is 77.2 Å². The highest BCUT2D eigenvalue weighted by Gasteiger charge is 2.44. The van der Waals surface area contributed by atoms with Gasteiger partial charge in [0, 0.05) is 38.4 Å². The van der Waals surface area contributed by atoms with Crippen molar-refractivity contribution >= 4 is 11.9 Å².